The van der Waals surface area contributed by atoms with Crippen molar-refractivity contribution in [1.82, 2.24) is 4.90 Å². The minimum absolute atomic E-state index is 0.0555. The summed E-state index contributed by atoms with van der Waals surface area (Å²) in [5, 5.41) is 0.492. The van der Waals surface area contributed by atoms with Gasteiger partial charge in [0.05, 0.1) is 10.6 Å². The summed E-state index contributed by atoms with van der Waals surface area (Å²) in [6.07, 6.45) is 2.03. The van der Waals surface area contributed by atoms with Gasteiger partial charge in [-0.05, 0) is 61.7 Å². The molecule has 7 heteroatoms. The molecule has 132 valence electrons. The largest absolute Gasteiger partial charge is 0.339 e. The van der Waals surface area contributed by atoms with Crippen LogP contribution in [-0.2, 0) is 10.0 Å². The molecule has 25 heavy (non-hydrogen) atoms. The van der Waals surface area contributed by atoms with Crippen LogP contribution < -0.4 is 4.72 Å². The molecule has 0 aromatic heterocycles. The van der Waals surface area contributed by atoms with E-state index in [1.165, 1.54) is 12.1 Å². The van der Waals surface area contributed by atoms with Crippen LogP contribution in [0.3, 0.4) is 0 Å². The zero-order chi connectivity index (χ0) is 18.0. The number of nitrogens with one attached hydrogen (secondary N) is 1. The second-order valence-corrected chi connectivity index (χ2v) is 8.13. The highest BCUT2D eigenvalue weighted by atomic mass is 35.5. The molecule has 1 amide bonds. The summed E-state index contributed by atoms with van der Waals surface area (Å²) in [6.45, 7) is 3.26. The lowest BCUT2D eigenvalue weighted by molar-refractivity contribution is 0.0792. The predicted molar refractivity (Wildman–Crippen MR) is 98.6 cm³/mol. The van der Waals surface area contributed by atoms with Crippen molar-refractivity contribution in [2.75, 3.05) is 17.8 Å². The Morgan fingerprint density at radius 1 is 1.08 bits per heavy atom. The van der Waals surface area contributed by atoms with Crippen LogP contribution in [0.25, 0.3) is 0 Å². The molecule has 0 aliphatic carbocycles. The lowest BCUT2D eigenvalue weighted by atomic mass is 10.2. The molecule has 2 aromatic carbocycles. The normalized spacial score (nSPS) is 14.6. The van der Waals surface area contributed by atoms with Crippen molar-refractivity contribution in [2.24, 2.45) is 0 Å². The molecule has 0 atom stereocenters. The zero-order valence-corrected chi connectivity index (χ0v) is 15.4. The quantitative estimate of drug-likeness (QED) is 0.882. The fraction of sp³-hybridized carbons (Fsp3) is 0.278. The molecule has 1 aliphatic heterocycles. The Morgan fingerprint density at radius 3 is 2.36 bits per heavy atom. The monoisotopic (exact) mass is 378 g/mol. The number of hydrogen-bond acceptors (Lipinski definition) is 3. The van der Waals surface area contributed by atoms with Crippen molar-refractivity contribution in [2.45, 2.75) is 24.7 Å². The number of carbonyl (C=O) groups is 1. The number of sulfonamides is 1. The van der Waals surface area contributed by atoms with Crippen LogP contribution in [0, 0.1) is 6.92 Å². The second-order valence-electron chi connectivity index (χ2n) is 6.04. The Labute approximate surface area is 152 Å². The number of rotatable bonds is 4. The maximum absolute atomic E-state index is 12.6. The molecule has 3 rings (SSSR count). The molecule has 0 unspecified atom stereocenters. The van der Waals surface area contributed by atoms with Crippen molar-refractivity contribution in [1.29, 1.82) is 0 Å². The highest BCUT2D eigenvalue weighted by Crippen LogP contribution is 2.25. The number of benzene rings is 2. The SMILES string of the molecule is Cc1c(Cl)cccc1NS(=O)(=O)c1ccc(C(=O)N2CCCC2)cc1. The van der Waals surface area contributed by atoms with E-state index in [2.05, 4.69) is 4.72 Å². The van der Waals surface area contributed by atoms with Gasteiger partial charge in [-0.25, -0.2) is 8.42 Å². The molecule has 5 nitrogen and oxygen atoms in total. The molecule has 1 saturated heterocycles. The van der Waals surface area contributed by atoms with Gasteiger partial charge in [0.1, 0.15) is 0 Å². The Balaban J connectivity index is 1.80. The van der Waals surface area contributed by atoms with E-state index in [4.69, 9.17) is 11.6 Å². The second kappa shape index (κ2) is 7.06. The van der Waals surface area contributed by atoms with E-state index in [-0.39, 0.29) is 10.8 Å². The van der Waals surface area contributed by atoms with E-state index in [0.717, 1.165) is 25.9 Å². The Kier molecular flexibility index (Phi) is 5.01. The summed E-state index contributed by atoms with van der Waals surface area (Å²) >= 11 is 6.03. The first-order valence-electron chi connectivity index (χ1n) is 8.06. The molecule has 0 saturated carbocycles. The van der Waals surface area contributed by atoms with Crippen LogP contribution in [0.2, 0.25) is 5.02 Å². The van der Waals surface area contributed by atoms with Crippen LogP contribution in [0.1, 0.15) is 28.8 Å². The molecule has 0 bridgehead atoms. The third-order valence-electron chi connectivity index (χ3n) is 4.32. The van der Waals surface area contributed by atoms with Crippen molar-refractivity contribution >= 4 is 33.2 Å². The first kappa shape index (κ1) is 17.8. The van der Waals surface area contributed by atoms with Gasteiger partial charge in [0, 0.05) is 23.7 Å². The van der Waals surface area contributed by atoms with Gasteiger partial charge in [-0.2, -0.15) is 0 Å². The highest BCUT2D eigenvalue weighted by Gasteiger charge is 2.21. The van der Waals surface area contributed by atoms with E-state index < -0.39 is 10.0 Å². The molecule has 0 radical (unpaired) electrons. The summed E-state index contributed by atoms with van der Waals surface area (Å²) in [7, 11) is -3.75. The first-order chi connectivity index (χ1) is 11.9. The Hall–Kier alpha value is -2.05. The van der Waals surface area contributed by atoms with Crippen LogP contribution >= 0.6 is 11.6 Å². The van der Waals surface area contributed by atoms with Crippen LogP contribution in [0.15, 0.2) is 47.4 Å². The molecule has 2 aromatic rings. The minimum atomic E-state index is -3.75. The summed E-state index contributed by atoms with van der Waals surface area (Å²) in [5.74, 6) is -0.0555. The molecule has 0 spiro atoms. The smallest absolute Gasteiger partial charge is 0.261 e. The molecular formula is C18H19ClN2O3S. The fourth-order valence-electron chi connectivity index (χ4n) is 2.80. The predicted octanol–water partition coefficient (Wildman–Crippen LogP) is 3.69. The van der Waals surface area contributed by atoms with E-state index in [1.807, 2.05) is 0 Å². The lowest BCUT2D eigenvalue weighted by Gasteiger charge is -2.15. The fourth-order valence-corrected chi connectivity index (χ4v) is 4.10. The zero-order valence-electron chi connectivity index (χ0n) is 13.8. The summed E-state index contributed by atoms with van der Waals surface area (Å²) in [6, 6.07) is 11.1. The lowest BCUT2D eigenvalue weighted by Crippen LogP contribution is -2.27. The standard InChI is InChI=1S/C18H19ClN2O3S/c1-13-16(19)5-4-6-17(13)20-25(23,24)15-9-7-14(8-10-15)18(22)21-11-2-3-12-21/h4-10,20H,2-3,11-12H2,1H3. The van der Waals surface area contributed by atoms with Crippen molar-refractivity contribution in [3.63, 3.8) is 0 Å². The van der Waals surface area contributed by atoms with E-state index >= 15 is 0 Å². The molecule has 1 N–H and O–H groups in total. The maximum atomic E-state index is 12.6. The van der Waals surface area contributed by atoms with Gasteiger partial charge in [-0.1, -0.05) is 17.7 Å². The molecule has 1 aliphatic rings. The van der Waals surface area contributed by atoms with Gasteiger partial charge in [-0.3, -0.25) is 9.52 Å². The Bertz CT molecular complexity index is 889. The van der Waals surface area contributed by atoms with Crippen molar-refractivity contribution < 1.29 is 13.2 Å². The molecule has 1 fully saturated rings. The number of carbonyl (C=O) groups excluding carboxylic acids is 1. The number of halogens is 1. The van der Waals surface area contributed by atoms with Gasteiger partial charge < -0.3 is 4.90 Å². The van der Waals surface area contributed by atoms with E-state index in [1.54, 1.807) is 42.2 Å². The number of nitrogens with zero attached hydrogens (tertiary/aromatic N) is 1. The summed E-state index contributed by atoms with van der Waals surface area (Å²) in [4.78, 5) is 14.2. The first-order valence-corrected chi connectivity index (χ1v) is 9.92. The van der Waals surface area contributed by atoms with Crippen LogP contribution in [0.4, 0.5) is 5.69 Å². The van der Waals surface area contributed by atoms with Crippen LogP contribution in [-0.4, -0.2) is 32.3 Å². The average Bonchev–Trinajstić information content (AvgIpc) is 3.13. The summed E-state index contributed by atoms with van der Waals surface area (Å²) in [5.41, 5.74) is 1.60. The van der Waals surface area contributed by atoms with E-state index in [9.17, 15) is 13.2 Å². The molecular weight excluding hydrogens is 360 g/mol. The van der Waals surface area contributed by atoms with Gasteiger partial charge in [-0.15, -0.1) is 0 Å². The highest BCUT2D eigenvalue weighted by molar-refractivity contribution is 7.92. The third kappa shape index (κ3) is 3.80. The van der Waals surface area contributed by atoms with Crippen molar-refractivity contribution in [3.05, 3.63) is 58.6 Å². The number of hydrogen-bond donors (Lipinski definition) is 1. The topological polar surface area (TPSA) is 66.5 Å². The number of amides is 1. The van der Waals surface area contributed by atoms with Gasteiger partial charge >= 0.3 is 0 Å². The third-order valence-corrected chi connectivity index (χ3v) is 6.11. The van der Waals surface area contributed by atoms with Crippen molar-refractivity contribution in [3.8, 4) is 0 Å². The minimum Gasteiger partial charge on any atom is -0.339 e. The number of anilines is 1. The average molecular weight is 379 g/mol. The van der Waals surface area contributed by atoms with Gasteiger partial charge in [0.2, 0.25) is 0 Å². The summed E-state index contributed by atoms with van der Waals surface area (Å²) < 4.78 is 27.6. The van der Waals surface area contributed by atoms with E-state index in [0.29, 0.717) is 21.8 Å². The van der Waals surface area contributed by atoms with Gasteiger partial charge in [0.15, 0.2) is 0 Å². The molecule has 1 heterocycles. The Morgan fingerprint density at radius 2 is 1.72 bits per heavy atom. The van der Waals surface area contributed by atoms with Gasteiger partial charge in [0.25, 0.3) is 15.9 Å². The maximum Gasteiger partial charge on any atom is 0.261 e. The van der Waals surface area contributed by atoms with Crippen LogP contribution in [0.5, 0.6) is 0 Å². The number of likely N-dealkylation sites (tertiary alicyclic amines) is 1.